The third kappa shape index (κ3) is 4.18. The zero-order valence-corrected chi connectivity index (χ0v) is 16.9. The van der Waals surface area contributed by atoms with Crippen LogP contribution < -0.4 is 0 Å². The lowest BCUT2D eigenvalue weighted by molar-refractivity contribution is -0.137. The number of rotatable bonds is 5. The SMILES string of the molecule is Oc1cc(C(F)(F)F)ccc1CN1CCC[C@H]1C(O)(c1ccccc1)c1ccccc1. The molecule has 3 nitrogen and oxygen atoms in total. The molecule has 0 aliphatic carbocycles. The molecule has 1 heterocycles. The predicted molar refractivity (Wildman–Crippen MR) is 112 cm³/mol. The molecule has 0 saturated carbocycles. The van der Waals surface area contributed by atoms with Gasteiger partial charge in [-0.15, -0.1) is 0 Å². The highest BCUT2D eigenvalue weighted by Gasteiger charge is 2.45. The van der Waals surface area contributed by atoms with Crippen LogP contribution in [0.1, 0.15) is 35.1 Å². The summed E-state index contributed by atoms with van der Waals surface area (Å²) in [7, 11) is 0. The summed E-state index contributed by atoms with van der Waals surface area (Å²) in [6, 6.07) is 21.6. The molecule has 31 heavy (non-hydrogen) atoms. The van der Waals surface area contributed by atoms with Crippen LogP contribution in [0.15, 0.2) is 78.9 Å². The zero-order chi connectivity index (χ0) is 22.1. The Balaban J connectivity index is 1.69. The smallest absolute Gasteiger partial charge is 0.416 e. The molecule has 0 unspecified atom stereocenters. The molecule has 1 fully saturated rings. The van der Waals surface area contributed by atoms with Gasteiger partial charge in [-0.3, -0.25) is 4.90 Å². The first-order valence-electron chi connectivity index (χ1n) is 10.3. The zero-order valence-electron chi connectivity index (χ0n) is 16.9. The number of alkyl halides is 3. The summed E-state index contributed by atoms with van der Waals surface area (Å²) in [5.41, 5.74) is -0.245. The molecule has 1 atom stereocenters. The predicted octanol–water partition coefficient (Wildman–Crippen LogP) is 5.31. The Labute approximate surface area is 179 Å². The van der Waals surface area contributed by atoms with Crippen molar-refractivity contribution in [3.05, 3.63) is 101 Å². The molecule has 2 N–H and O–H groups in total. The van der Waals surface area contributed by atoms with Crippen LogP contribution >= 0.6 is 0 Å². The second-order valence-corrected chi connectivity index (χ2v) is 7.97. The van der Waals surface area contributed by atoms with Crippen LogP contribution in [0.5, 0.6) is 5.75 Å². The molecule has 0 aromatic heterocycles. The summed E-state index contributed by atoms with van der Waals surface area (Å²) in [6.45, 7) is 0.920. The monoisotopic (exact) mass is 427 g/mol. The lowest BCUT2D eigenvalue weighted by atomic mass is 9.79. The maximum Gasteiger partial charge on any atom is 0.416 e. The van der Waals surface area contributed by atoms with E-state index in [9.17, 15) is 23.4 Å². The van der Waals surface area contributed by atoms with Crippen LogP contribution in [0.3, 0.4) is 0 Å². The average molecular weight is 427 g/mol. The van der Waals surface area contributed by atoms with Gasteiger partial charge in [-0.25, -0.2) is 0 Å². The van der Waals surface area contributed by atoms with Gasteiger partial charge in [0.05, 0.1) is 5.56 Å². The van der Waals surface area contributed by atoms with Crippen molar-refractivity contribution in [2.24, 2.45) is 0 Å². The van der Waals surface area contributed by atoms with Crippen molar-refractivity contribution < 1.29 is 23.4 Å². The van der Waals surface area contributed by atoms with E-state index in [2.05, 4.69) is 0 Å². The van der Waals surface area contributed by atoms with Gasteiger partial charge in [0.25, 0.3) is 0 Å². The van der Waals surface area contributed by atoms with Crippen LogP contribution in [0.4, 0.5) is 13.2 Å². The standard InChI is InChI=1S/C25H24F3NO2/c26-25(27,28)21-14-13-18(22(30)16-21)17-29-15-7-12-23(29)24(31,19-8-3-1-4-9-19)20-10-5-2-6-11-20/h1-6,8-11,13-14,16,23,30-31H,7,12,15,17H2/t23-/m0/s1. The van der Waals surface area contributed by atoms with Gasteiger partial charge in [0.15, 0.2) is 0 Å². The molecule has 1 aliphatic rings. The Morgan fingerprint density at radius 3 is 1.94 bits per heavy atom. The molecule has 3 aromatic carbocycles. The maximum absolute atomic E-state index is 12.9. The molecule has 3 aromatic rings. The van der Waals surface area contributed by atoms with E-state index >= 15 is 0 Å². The molecule has 6 heteroatoms. The van der Waals surface area contributed by atoms with Gasteiger partial charge in [-0.2, -0.15) is 13.2 Å². The quantitative estimate of drug-likeness (QED) is 0.580. The Morgan fingerprint density at radius 2 is 1.42 bits per heavy atom. The number of hydrogen-bond acceptors (Lipinski definition) is 3. The second-order valence-electron chi connectivity index (χ2n) is 7.97. The van der Waals surface area contributed by atoms with Gasteiger partial charge in [0.1, 0.15) is 11.4 Å². The van der Waals surface area contributed by atoms with Crippen LogP contribution in [-0.2, 0) is 18.3 Å². The largest absolute Gasteiger partial charge is 0.508 e. The topological polar surface area (TPSA) is 43.7 Å². The molecular weight excluding hydrogens is 403 g/mol. The van der Waals surface area contributed by atoms with Crippen LogP contribution in [0, 0.1) is 0 Å². The van der Waals surface area contributed by atoms with Crippen molar-refractivity contribution in [3.8, 4) is 5.75 Å². The number of aliphatic hydroxyl groups is 1. The number of likely N-dealkylation sites (tertiary alicyclic amines) is 1. The number of hydrogen-bond donors (Lipinski definition) is 2. The number of nitrogens with zero attached hydrogens (tertiary/aromatic N) is 1. The first-order chi connectivity index (χ1) is 14.8. The first kappa shape index (κ1) is 21.4. The lowest BCUT2D eigenvalue weighted by Crippen LogP contribution is -2.48. The Morgan fingerprint density at radius 1 is 0.839 bits per heavy atom. The fourth-order valence-electron chi connectivity index (χ4n) is 4.52. The highest BCUT2D eigenvalue weighted by molar-refractivity contribution is 5.40. The fraction of sp³-hybridized carbons (Fsp3) is 0.280. The maximum atomic E-state index is 12.9. The second kappa shape index (κ2) is 8.36. The summed E-state index contributed by atoms with van der Waals surface area (Å²) >= 11 is 0. The van der Waals surface area contributed by atoms with Gasteiger partial charge in [0.2, 0.25) is 0 Å². The van der Waals surface area contributed by atoms with Gasteiger partial charge in [0, 0.05) is 18.2 Å². The molecular formula is C25H24F3NO2. The summed E-state index contributed by atoms with van der Waals surface area (Å²) in [6.07, 6.45) is -2.94. The summed E-state index contributed by atoms with van der Waals surface area (Å²) in [4.78, 5) is 2.04. The Hall–Kier alpha value is -2.83. The van der Waals surface area contributed by atoms with Crippen LogP contribution in [0.2, 0.25) is 0 Å². The van der Waals surface area contributed by atoms with Crippen molar-refractivity contribution in [2.75, 3.05) is 6.54 Å². The van der Waals surface area contributed by atoms with Crippen molar-refractivity contribution in [3.63, 3.8) is 0 Å². The van der Waals surface area contributed by atoms with E-state index in [0.717, 1.165) is 36.1 Å². The van der Waals surface area contributed by atoms with Gasteiger partial charge < -0.3 is 10.2 Å². The Kier molecular flexibility index (Phi) is 5.77. The van der Waals surface area contributed by atoms with Gasteiger partial charge >= 0.3 is 6.18 Å². The van der Waals surface area contributed by atoms with Gasteiger partial charge in [-0.05, 0) is 42.6 Å². The van der Waals surface area contributed by atoms with E-state index in [0.29, 0.717) is 12.1 Å². The van der Waals surface area contributed by atoms with Crippen molar-refractivity contribution in [1.82, 2.24) is 4.90 Å². The molecule has 0 radical (unpaired) electrons. The van der Waals surface area contributed by atoms with Crippen molar-refractivity contribution >= 4 is 0 Å². The number of phenols is 1. The normalized spacial score (nSPS) is 17.7. The number of benzene rings is 3. The third-order valence-corrected chi connectivity index (χ3v) is 6.06. The summed E-state index contributed by atoms with van der Waals surface area (Å²) in [5, 5.41) is 22.3. The molecule has 1 aliphatic heterocycles. The van der Waals surface area contributed by atoms with Crippen LogP contribution in [-0.4, -0.2) is 27.7 Å². The number of phenolic OH excluding ortho intramolecular Hbond substituents is 1. The third-order valence-electron chi connectivity index (χ3n) is 6.06. The van der Waals surface area contributed by atoms with E-state index in [-0.39, 0.29) is 18.3 Å². The minimum Gasteiger partial charge on any atom is -0.508 e. The molecule has 162 valence electrons. The lowest BCUT2D eigenvalue weighted by Gasteiger charge is -2.40. The highest BCUT2D eigenvalue weighted by Crippen LogP contribution is 2.41. The van der Waals surface area contributed by atoms with E-state index in [1.165, 1.54) is 6.07 Å². The first-order valence-corrected chi connectivity index (χ1v) is 10.3. The number of halogens is 3. The fourth-order valence-corrected chi connectivity index (χ4v) is 4.52. The van der Waals surface area contributed by atoms with E-state index in [4.69, 9.17) is 0 Å². The average Bonchev–Trinajstić information content (AvgIpc) is 3.24. The number of aromatic hydroxyl groups is 1. The summed E-state index contributed by atoms with van der Waals surface area (Å²) < 4.78 is 38.8. The molecule has 0 amide bonds. The highest BCUT2D eigenvalue weighted by atomic mass is 19.4. The van der Waals surface area contributed by atoms with Crippen LogP contribution in [0.25, 0.3) is 0 Å². The molecule has 1 saturated heterocycles. The van der Waals surface area contributed by atoms with Gasteiger partial charge in [-0.1, -0.05) is 66.7 Å². The minimum atomic E-state index is -4.51. The molecule has 0 spiro atoms. The Bertz CT molecular complexity index is 982. The van der Waals surface area contributed by atoms with Crippen molar-refractivity contribution in [2.45, 2.75) is 37.2 Å². The summed E-state index contributed by atoms with van der Waals surface area (Å²) in [5.74, 6) is -0.386. The van der Waals surface area contributed by atoms with E-state index < -0.39 is 17.3 Å². The van der Waals surface area contributed by atoms with Crippen molar-refractivity contribution in [1.29, 1.82) is 0 Å². The minimum absolute atomic E-state index is 0.247. The van der Waals surface area contributed by atoms with E-state index in [1.807, 2.05) is 65.6 Å². The molecule has 0 bridgehead atoms. The molecule has 4 rings (SSSR count). The van der Waals surface area contributed by atoms with E-state index in [1.54, 1.807) is 0 Å².